The van der Waals surface area contributed by atoms with E-state index in [9.17, 15) is 18.0 Å². The predicted molar refractivity (Wildman–Crippen MR) is 71.0 cm³/mol. The van der Waals surface area contributed by atoms with Crippen molar-refractivity contribution < 1.29 is 18.0 Å². The van der Waals surface area contributed by atoms with E-state index in [4.69, 9.17) is 28.9 Å². The van der Waals surface area contributed by atoms with Crippen LogP contribution in [0, 0.1) is 0 Å². The lowest BCUT2D eigenvalue weighted by Crippen LogP contribution is -2.40. The van der Waals surface area contributed by atoms with E-state index in [2.05, 4.69) is 0 Å². The van der Waals surface area contributed by atoms with E-state index in [1.54, 1.807) is 0 Å². The van der Waals surface area contributed by atoms with Gasteiger partial charge in [0.15, 0.2) is 0 Å². The molecule has 3 nitrogen and oxygen atoms in total. The smallest absolute Gasteiger partial charge is 0.399 e. The number of nitrogen functional groups attached to an aromatic ring is 1. The van der Waals surface area contributed by atoms with Crippen LogP contribution in [0.5, 0.6) is 0 Å². The monoisotopic (exact) mass is 326 g/mol. The first-order valence-corrected chi connectivity index (χ1v) is 6.57. The van der Waals surface area contributed by atoms with Crippen LogP contribution in [0.4, 0.5) is 18.9 Å². The van der Waals surface area contributed by atoms with Gasteiger partial charge < -0.3 is 10.6 Å². The number of halogens is 5. The first-order valence-electron chi connectivity index (χ1n) is 5.81. The lowest BCUT2D eigenvalue weighted by Gasteiger charge is -2.24. The maximum atomic E-state index is 12.6. The minimum Gasteiger partial charge on any atom is -0.399 e. The van der Waals surface area contributed by atoms with Crippen LogP contribution >= 0.6 is 23.2 Å². The number of nitrogens with zero attached hydrogens (tertiary/aromatic N) is 1. The Balaban J connectivity index is 2.33. The van der Waals surface area contributed by atoms with Crippen molar-refractivity contribution in [1.29, 1.82) is 0 Å². The van der Waals surface area contributed by atoms with Gasteiger partial charge in [0.1, 0.15) is 6.54 Å². The molecule has 0 radical (unpaired) electrons. The first kappa shape index (κ1) is 15.3. The summed E-state index contributed by atoms with van der Waals surface area (Å²) in [5, 5.41) is -0.0449. The van der Waals surface area contributed by atoms with Gasteiger partial charge in [0.05, 0.1) is 15.6 Å². The number of rotatable bonds is 3. The molecule has 1 saturated carbocycles. The molecule has 1 aromatic carbocycles. The number of hydrogen-bond donors (Lipinski definition) is 1. The molecule has 1 aliphatic carbocycles. The molecule has 1 aromatic rings. The molecule has 0 unspecified atom stereocenters. The van der Waals surface area contributed by atoms with Crippen LogP contribution in [0.15, 0.2) is 12.1 Å². The van der Waals surface area contributed by atoms with Crippen LogP contribution in [0.25, 0.3) is 0 Å². The van der Waals surface area contributed by atoms with Crippen molar-refractivity contribution in [1.82, 2.24) is 4.90 Å². The van der Waals surface area contributed by atoms with Gasteiger partial charge in [-0.05, 0) is 25.0 Å². The van der Waals surface area contributed by atoms with Crippen molar-refractivity contribution in [3.63, 3.8) is 0 Å². The fraction of sp³-hybridized carbons (Fsp3) is 0.417. The highest BCUT2D eigenvalue weighted by molar-refractivity contribution is 6.44. The number of carbonyl (C=O) groups excluding carboxylic acids is 1. The van der Waals surface area contributed by atoms with E-state index >= 15 is 0 Å². The molecule has 110 valence electrons. The first-order chi connectivity index (χ1) is 9.19. The fourth-order valence-corrected chi connectivity index (χ4v) is 2.28. The number of carbonyl (C=O) groups is 1. The Morgan fingerprint density at radius 2 is 1.95 bits per heavy atom. The average molecular weight is 327 g/mol. The normalized spacial score (nSPS) is 15.2. The van der Waals surface area contributed by atoms with Crippen molar-refractivity contribution >= 4 is 34.8 Å². The predicted octanol–water partition coefficient (Wildman–Crippen LogP) is 3.74. The van der Waals surface area contributed by atoms with Crippen LogP contribution in [-0.4, -0.2) is 29.6 Å². The van der Waals surface area contributed by atoms with E-state index in [0.717, 1.165) is 4.90 Å². The number of anilines is 1. The highest BCUT2D eigenvalue weighted by Crippen LogP contribution is 2.35. The Morgan fingerprint density at radius 3 is 2.45 bits per heavy atom. The van der Waals surface area contributed by atoms with E-state index in [1.165, 1.54) is 12.1 Å². The summed E-state index contributed by atoms with van der Waals surface area (Å²) in [7, 11) is 0. The molecular formula is C12H11Cl2F3N2O. The Morgan fingerprint density at radius 1 is 1.35 bits per heavy atom. The van der Waals surface area contributed by atoms with Crippen molar-refractivity contribution in [2.24, 2.45) is 0 Å². The Kier molecular flexibility index (Phi) is 4.07. The average Bonchev–Trinajstić information content (AvgIpc) is 3.12. The molecule has 1 amide bonds. The Labute approximate surface area is 123 Å². The summed E-state index contributed by atoms with van der Waals surface area (Å²) < 4.78 is 37.7. The molecule has 2 N–H and O–H groups in total. The fourth-order valence-electron chi connectivity index (χ4n) is 1.87. The molecule has 0 heterocycles. The zero-order valence-corrected chi connectivity index (χ0v) is 11.7. The molecular weight excluding hydrogens is 316 g/mol. The van der Waals surface area contributed by atoms with Gasteiger partial charge in [0, 0.05) is 11.7 Å². The van der Waals surface area contributed by atoms with Gasteiger partial charge in [0.25, 0.3) is 5.91 Å². The van der Waals surface area contributed by atoms with Gasteiger partial charge in [0.2, 0.25) is 0 Å². The molecule has 0 aromatic heterocycles. The maximum Gasteiger partial charge on any atom is 0.406 e. The maximum absolute atomic E-state index is 12.6. The molecule has 0 spiro atoms. The van der Waals surface area contributed by atoms with Gasteiger partial charge in [-0.1, -0.05) is 23.2 Å². The highest BCUT2D eigenvalue weighted by Gasteiger charge is 2.41. The third-order valence-corrected chi connectivity index (χ3v) is 3.68. The molecule has 0 saturated heterocycles. The van der Waals surface area contributed by atoms with Crippen molar-refractivity contribution in [3.05, 3.63) is 27.7 Å². The molecule has 1 aliphatic rings. The second-order valence-electron chi connectivity index (χ2n) is 4.64. The number of alkyl halides is 3. The minimum absolute atomic E-state index is 0.0396. The van der Waals surface area contributed by atoms with Crippen molar-refractivity contribution in [2.75, 3.05) is 12.3 Å². The summed E-state index contributed by atoms with van der Waals surface area (Å²) in [5.41, 5.74) is 5.62. The molecule has 2 rings (SSSR count). The third kappa shape index (κ3) is 3.49. The quantitative estimate of drug-likeness (QED) is 0.860. The number of hydrogen-bond acceptors (Lipinski definition) is 2. The second kappa shape index (κ2) is 5.33. The number of benzene rings is 1. The van der Waals surface area contributed by atoms with Gasteiger partial charge in [-0.3, -0.25) is 4.79 Å². The Bertz CT molecular complexity index is 544. The van der Waals surface area contributed by atoms with Crippen LogP contribution < -0.4 is 5.73 Å². The minimum atomic E-state index is -4.46. The standard InChI is InChI=1S/C12H11Cl2F3N2O/c13-9-4-6(18)3-8(10(9)14)11(20)19(7-1-2-7)5-12(15,16)17/h3-4,7H,1-2,5,18H2. The molecule has 1 fully saturated rings. The van der Waals surface area contributed by atoms with Gasteiger partial charge in [-0.2, -0.15) is 13.2 Å². The zero-order valence-electron chi connectivity index (χ0n) is 10.2. The highest BCUT2D eigenvalue weighted by atomic mass is 35.5. The Hall–Kier alpha value is -1.14. The van der Waals surface area contributed by atoms with E-state index in [-0.39, 0.29) is 21.3 Å². The van der Waals surface area contributed by atoms with Crippen molar-refractivity contribution in [2.45, 2.75) is 25.1 Å². The van der Waals surface area contributed by atoms with Gasteiger partial charge >= 0.3 is 6.18 Å². The second-order valence-corrected chi connectivity index (χ2v) is 5.43. The topological polar surface area (TPSA) is 46.3 Å². The van der Waals surface area contributed by atoms with Crippen molar-refractivity contribution in [3.8, 4) is 0 Å². The van der Waals surface area contributed by atoms with Gasteiger partial charge in [-0.25, -0.2) is 0 Å². The third-order valence-electron chi connectivity index (χ3n) is 2.88. The van der Waals surface area contributed by atoms with Crippen LogP contribution in [0.2, 0.25) is 10.0 Å². The summed E-state index contributed by atoms with van der Waals surface area (Å²) in [6, 6.07) is 2.18. The summed E-state index contributed by atoms with van der Waals surface area (Å²) in [6.07, 6.45) is -3.36. The summed E-state index contributed by atoms with van der Waals surface area (Å²) in [4.78, 5) is 13.0. The molecule has 20 heavy (non-hydrogen) atoms. The van der Waals surface area contributed by atoms with Crippen LogP contribution in [0.3, 0.4) is 0 Å². The van der Waals surface area contributed by atoms with Gasteiger partial charge in [-0.15, -0.1) is 0 Å². The SMILES string of the molecule is Nc1cc(Cl)c(Cl)c(C(=O)N(CC(F)(F)F)C2CC2)c1. The van der Waals surface area contributed by atoms with Crippen LogP contribution in [0.1, 0.15) is 23.2 Å². The number of nitrogens with two attached hydrogens (primary N) is 1. The lowest BCUT2D eigenvalue weighted by atomic mass is 10.1. The van der Waals surface area contributed by atoms with E-state index in [0.29, 0.717) is 12.8 Å². The van der Waals surface area contributed by atoms with E-state index in [1.807, 2.05) is 0 Å². The van der Waals surface area contributed by atoms with Crippen LogP contribution in [-0.2, 0) is 0 Å². The number of amides is 1. The lowest BCUT2D eigenvalue weighted by molar-refractivity contribution is -0.141. The summed E-state index contributed by atoms with van der Waals surface area (Å²) >= 11 is 11.7. The molecule has 8 heteroatoms. The summed E-state index contributed by atoms with van der Waals surface area (Å²) in [5.74, 6) is -0.802. The zero-order chi connectivity index (χ0) is 15.1. The largest absolute Gasteiger partial charge is 0.406 e. The van der Waals surface area contributed by atoms with E-state index < -0.39 is 24.7 Å². The molecule has 0 aliphatic heterocycles. The molecule has 0 bridgehead atoms. The summed E-state index contributed by atoms with van der Waals surface area (Å²) in [6.45, 7) is -1.31. The molecule has 0 atom stereocenters.